The third-order valence-corrected chi connectivity index (χ3v) is 4.93. The van der Waals surface area contributed by atoms with E-state index in [9.17, 15) is 14.0 Å². The van der Waals surface area contributed by atoms with E-state index >= 15 is 0 Å². The van der Waals surface area contributed by atoms with Crippen molar-refractivity contribution >= 4 is 12.0 Å². The van der Waals surface area contributed by atoms with Gasteiger partial charge in [0.1, 0.15) is 5.60 Å². The van der Waals surface area contributed by atoms with E-state index in [-0.39, 0.29) is 24.2 Å². The standard InChI is InChI=1S/C23H25FN4O3/c1-14-8-17(13-28(14)22(30)31-23(2,3)4)27-21(29)18-10-20(26-12-19(18)24)16-7-5-6-15(9-16)11-25/h5-7,9-10,12,14,17H,8,13H2,1-4H3,(H,27,29)/t14-,17-/m1/s1. The molecule has 1 aliphatic heterocycles. The lowest BCUT2D eigenvalue weighted by molar-refractivity contribution is 0.0235. The molecule has 0 saturated carbocycles. The van der Waals surface area contributed by atoms with Gasteiger partial charge in [-0.3, -0.25) is 9.78 Å². The molecule has 1 N–H and O–H groups in total. The summed E-state index contributed by atoms with van der Waals surface area (Å²) in [5.41, 5.74) is 0.683. The van der Waals surface area contributed by atoms with Crippen LogP contribution in [-0.2, 0) is 4.74 Å². The van der Waals surface area contributed by atoms with Crippen LogP contribution in [0.1, 0.15) is 50.0 Å². The third kappa shape index (κ3) is 5.37. The number of rotatable bonds is 3. The number of benzene rings is 1. The highest BCUT2D eigenvalue weighted by molar-refractivity contribution is 5.95. The highest BCUT2D eigenvalue weighted by atomic mass is 19.1. The molecule has 1 aromatic heterocycles. The minimum atomic E-state index is -0.743. The van der Waals surface area contributed by atoms with Crippen molar-refractivity contribution in [1.29, 1.82) is 5.26 Å². The van der Waals surface area contributed by atoms with Crippen LogP contribution < -0.4 is 5.32 Å². The molecule has 3 rings (SSSR count). The summed E-state index contributed by atoms with van der Waals surface area (Å²) in [6.07, 6.45) is 1.09. The van der Waals surface area contributed by atoms with Crippen molar-refractivity contribution in [2.24, 2.45) is 0 Å². The second-order valence-corrected chi connectivity index (χ2v) is 8.63. The van der Waals surface area contributed by atoms with Crippen LogP contribution in [0, 0.1) is 17.1 Å². The van der Waals surface area contributed by atoms with Gasteiger partial charge in [0, 0.05) is 24.2 Å². The Morgan fingerprint density at radius 2 is 2.06 bits per heavy atom. The van der Waals surface area contributed by atoms with Crippen molar-refractivity contribution in [3.63, 3.8) is 0 Å². The second kappa shape index (κ2) is 8.72. The fourth-order valence-electron chi connectivity index (χ4n) is 3.49. The lowest BCUT2D eigenvalue weighted by Gasteiger charge is -2.26. The lowest BCUT2D eigenvalue weighted by Crippen LogP contribution is -2.41. The quantitative estimate of drug-likeness (QED) is 0.807. The smallest absolute Gasteiger partial charge is 0.410 e. The largest absolute Gasteiger partial charge is 0.444 e. The van der Waals surface area contributed by atoms with Crippen LogP contribution in [0.25, 0.3) is 11.3 Å². The van der Waals surface area contributed by atoms with E-state index in [0.29, 0.717) is 23.2 Å². The number of nitriles is 1. The number of likely N-dealkylation sites (tertiary alicyclic amines) is 1. The molecule has 0 bridgehead atoms. The molecule has 0 unspecified atom stereocenters. The van der Waals surface area contributed by atoms with Gasteiger partial charge in [-0.15, -0.1) is 0 Å². The van der Waals surface area contributed by atoms with Crippen molar-refractivity contribution in [3.05, 3.63) is 53.5 Å². The molecular formula is C23H25FN4O3. The number of carbonyl (C=O) groups is 2. The Bertz CT molecular complexity index is 1040. The van der Waals surface area contributed by atoms with Crippen LogP contribution in [0.3, 0.4) is 0 Å². The van der Waals surface area contributed by atoms with Gasteiger partial charge >= 0.3 is 6.09 Å². The Morgan fingerprint density at radius 3 is 2.74 bits per heavy atom. The summed E-state index contributed by atoms with van der Waals surface area (Å²) in [6, 6.07) is 9.67. The minimum absolute atomic E-state index is 0.119. The summed E-state index contributed by atoms with van der Waals surface area (Å²) < 4.78 is 19.8. The molecule has 7 nitrogen and oxygen atoms in total. The maximum atomic E-state index is 14.4. The monoisotopic (exact) mass is 424 g/mol. The molecule has 2 aromatic rings. The van der Waals surface area contributed by atoms with Crippen molar-refractivity contribution in [3.8, 4) is 17.3 Å². The summed E-state index contributed by atoms with van der Waals surface area (Å²) in [5, 5.41) is 11.9. The third-order valence-electron chi connectivity index (χ3n) is 4.93. The van der Waals surface area contributed by atoms with Gasteiger partial charge in [0.25, 0.3) is 5.91 Å². The maximum Gasteiger partial charge on any atom is 0.410 e. The molecule has 8 heteroatoms. The van der Waals surface area contributed by atoms with E-state index in [1.54, 1.807) is 49.9 Å². The van der Waals surface area contributed by atoms with Crippen LogP contribution in [0.15, 0.2) is 36.5 Å². The number of hydrogen-bond acceptors (Lipinski definition) is 5. The van der Waals surface area contributed by atoms with Crippen LogP contribution >= 0.6 is 0 Å². The first-order valence-electron chi connectivity index (χ1n) is 10.0. The Morgan fingerprint density at radius 1 is 1.32 bits per heavy atom. The number of pyridine rings is 1. The fraction of sp³-hybridized carbons (Fsp3) is 0.391. The van der Waals surface area contributed by atoms with Crippen molar-refractivity contribution < 1.29 is 18.7 Å². The van der Waals surface area contributed by atoms with E-state index in [4.69, 9.17) is 10.00 Å². The van der Waals surface area contributed by atoms with Crippen molar-refractivity contribution in [2.45, 2.75) is 51.8 Å². The summed E-state index contributed by atoms with van der Waals surface area (Å²) in [7, 11) is 0. The zero-order valence-corrected chi connectivity index (χ0v) is 18.0. The lowest BCUT2D eigenvalue weighted by atomic mass is 10.1. The molecule has 1 aliphatic rings. The number of halogens is 1. The predicted octanol–water partition coefficient (Wildman–Crippen LogP) is 3.89. The molecule has 162 valence electrons. The number of carbonyl (C=O) groups excluding carboxylic acids is 2. The molecule has 1 saturated heterocycles. The maximum absolute atomic E-state index is 14.4. The molecule has 2 atom stereocenters. The molecule has 2 amide bonds. The Balaban J connectivity index is 1.74. The molecule has 31 heavy (non-hydrogen) atoms. The van der Waals surface area contributed by atoms with Gasteiger partial charge in [-0.2, -0.15) is 5.26 Å². The van der Waals surface area contributed by atoms with Crippen LogP contribution in [0.2, 0.25) is 0 Å². The number of hydrogen-bond donors (Lipinski definition) is 1. The number of ether oxygens (including phenoxy) is 1. The van der Waals surface area contributed by atoms with Gasteiger partial charge in [-0.25, -0.2) is 9.18 Å². The van der Waals surface area contributed by atoms with Gasteiger partial charge in [0.05, 0.1) is 29.1 Å². The topological polar surface area (TPSA) is 95.3 Å². The minimum Gasteiger partial charge on any atom is -0.444 e. The molecule has 0 aliphatic carbocycles. The van der Waals surface area contributed by atoms with Gasteiger partial charge in [-0.1, -0.05) is 12.1 Å². The van der Waals surface area contributed by atoms with Crippen molar-refractivity contribution in [1.82, 2.24) is 15.2 Å². The predicted molar refractivity (Wildman–Crippen MR) is 113 cm³/mol. The van der Waals surface area contributed by atoms with Gasteiger partial charge in [0.2, 0.25) is 0 Å². The fourth-order valence-corrected chi connectivity index (χ4v) is 3.49. The second-order valence-electron chi connectivity index (χ2n) is 8.63. The summed E-state index contributed by atoms with van der Waals surface area (Å²) in [4.78, 5) is 30.8. The van der Waals surface area contributed by atoms with Crippen LogP contribution in [0.5, 0.6) is 0 Å². The number of amides is 2. The molecule has 0 radical (unpaired) electrons. The Hall–Kier alpha value is -3.47. The normalized spacial score (nSPS) is 18.4. The van der Waals surface area contributed by atoms with Crippen LogP contribution in [-0.4, -0.2) is 46.1 Å². The highest BCUT2D eigenvalue weighted by Crippen LogP contribution is 2.23. The average molecular weight is 424 g/mol. The van der Waals surface area contributed by atoms with E-state index < -0.39 is 23.4 Å². The first kappa shape index (κ1) is 22.2. The molecule has 1 aromatic carbocycles. The van der Waals surface area contributed by atoms with Gasteiger partial charge < -0.3 is 15.0 Å². The number of aromatic nitrogens is 1. The number of nitrogens with zero attached hydrogens (tertiary/aromatic N) is 3. The highest BCUT2D eigenvalue weighted by Gasteiger charge is 2.36. The van der Waals surface area contributed by atoms with E-state index in [0.717, 1.165) is 6.20 Å². The zero-order valence-electron chi connectivity index (χ0n) is 18.0. The first-order valence-corrected chi connectivity index (χ1v) is 10.0. The summed E-state index contributed by atoms with van der Waals surface area (Å²) in [6.45, 7) is 7.54. The molecule has 0 spiro atoms. The van der Waals surface area contributed by atoms with Gasteiger partial charge in [-0.05, 0) is 52.3 Å². The van der Waals surface area contributed by atoms with E-state index in [1.807, 2.05) is 13.0 Å². The van der Waals surface area contributed by atoms with Crippen LogP contribution in [0.4, 0.5) is 9.18 Å². The van der Waals surface area contributed by atoms with Crippen molar-refractivity contribution in [2.75, 3.05) is 6.54 Å². The van der Waals surface area contributed by atoms with E-state index in [2.05, 4.69) is 10.3 Å². The Kier molecular flexibility index (Phi) is 6.25. The first-order chi connectivity index (χ1) is 14.6. The zero-order chi connectivity index (χ0) is 22.8. The SMILES string of the molecule is C[C@@H]1C[C@@H](NC(=O)c2cc(-c3cccc(C#N)c3)ncc2F)CN1C(=O)OC(C)(C)C. The average Bonchev–Trinajstić information content (AvgIpc) is 3.07. The summed E-state index contributed by atoms with van der Waals surface area (Å²) in [5.74, 6) is -1.33. The molecule has 2 heterocycles. The molecule has 1 fully saturated rings. The molecular weight excluding hydrogens is 399 g/mol. The Labute approximate surface area is 180 Å². The van der Waals surface area contributed by atoms with E-state index in [1.165, 1.54) is 6.07 Å². The van der Waals surface area contributed by atoms with Gasteiger partial charge in [0.15, 0.2) is 5.82 Å². The summed E-state index contributed by atoms with van der Waals surface area (Å²) >= 11 is 0. The number of nitrogens with one attached hydrogen (secondary N) is 1.